The largest absolute Gasteiger partial charge is 0.383 e. The number of nitrogens with one attached hydrogen (secondary N) is 2. The zero-order valence-corrected chi connectivity index (χ0v) is 13.3. The fourth-order valence-electron chi connectivity index (χ4n) is 2.30. The minimum atomic E-state index is -0.522. The van der Waals surface area contributed by atoms with Crippen LogP contribution in [0.2, 0.25) is 0 Å². The molecular formula is C18H21FN2O2. The van der Waals surface area contributed by atoms with Gasteiger partial charge in [0.2, 0.25) is 5.91 Å². The third-order valence-electron chi connectivity index (χ3n) is 3.37. The van der Waals surface area contributed by atoms with Gasteiger partial charge in [-0.15, -0.1) is 0 Å². The molecule has 2 aromatic carbocycles. The Morgan fingerprint density at radius 3 is 2.39 bits per heavy atom. The summed E-state index contributed by atoms with van der Waals surface area (Å²) in [6, 6.07) is 14.6. The van der Waals surface area contributed by atoms with Crippen LogP contribution in [0.1, 0.15) is 18.5 Å². The normalized spacial score (nSPS) is 13.3. The van der Waals surface area contributed by atoms with Gasteiger partial charge >= 0.3 is 0 Å². The van der Waals surface area contributed by atoms with Gasteiger partial charge in [0.15, 0.2) is 0 Å². The highest BCUT2D eigenvalue weighted by molar-refractivity contribution is 5.95. The molecular weight excluding hydrogens is 295 g/mol. The molecule has 0 heterocycles. The lowest BCUT2D eigenvalue weighted by atomic mass is 10.0. The molecule has 122 valence electrons. The maximum Gasteiger partial charge on any atom is 0.246 e. The second-order valence-corrected chi connectivity index (χ2v) is 5.36. The maximum atomic E-state index is 13.0. The van der Waals surface area contributed by atoms with E-state index in [9.17, 15) is 9.18 Å². The Labute approximate surface area is 135 Å². The zero-order chi connectivity index (χ0) is 16.7. The van der Waals surface area contributed by atoms with E-state index in [4.69, 9.17) is 4.74 Å². The number of ether oxygens (including phenoxy) is 1. The van der Waals surface area contributed by atoms with E-state index < -0.39 is 6.04 Å². The van der Waals surface area contributed by atoms with Crippen molar-refractivity contribution in [2.24, 2.45) is 0 Å². The smallest absolute Gasteiger partial charge is 0.246 e. The van der Waals surface area contributed by atoms with Gasteiger partial charge < -0.3 is 10.1 Å². The van der Waals surface area contributed by atoms with Crippen molar-refractivity contribution in [1.29, 1.82) is 0 Å². The van der Waals surface area contributed by atoms with E-state index in [-0.39, 0.29) is 17.8 Å². The van der Waals surface area contributed by atoms with Crippen LogP contribution in [0.15, 0.2) is 54.6 Å². The third-order valence-corrected chi connectivity index (χ3v) is 3.37. The van der Waals surface area contributed by atoms with Crippen molar-refractivity contribution in [3.63, 3.8) is 0 Å². The van der Waals surface area contributed by atoms with Crippen molar-refractivity contribution < 1.29 is 13.9 Å². The molecule has 0 saturated heterocycles. The van der Waals surface area contributed by atoms with Crippen LogP contribution in [0.4, 0.5) is 10.1 Å². The van der Waals surface area contributed by atoms with Gasteiger partial charge in [-0.05, 0) is 36.8 Å². The maximum absolute atomic E-state index is 13.0. The van der Waals surface area contributed by atoms with Gasteiger partial charge in [0, 0.05) is 18.8 Å². The zero-order valence-electron chi connectivity index (χ0n) is 13.3. The lowest BCUT2D eigenvalue weighted by Gasteiger charge is -2.23. The van der Waals surface area contributed by atoms with E-state index in [1.54, 1.807) is 7.11 Å². The topological polar surface area (TPSA) is 50.4 Å². The van der Waals surface area contributed by atoms with Crippen LogP contribution in [0.3, 0.4) is 0 Å². The number of hydrogen-bond acceptors (Lipinski definition) is 3. The van der Waals surface area contributed by atoms with Gasteiger partial charge in [-0.1, -0.05) is 30.3 Å². The second kappa shape index (κ2) is 8.41. The summed E-state index contributed by atoms with van der Waals surface area (Å²) in [6.07, 6.45) is 0. The van der Waals surface area contributed by atoms with Gasteiger partial charge in [-0.3, -0.25) is 10.1 Å². The van der Waals surface area contributed by atoms with E-state index in [0.29, 0.717) is 12.3 Å². The van der Waals surface area contributed by atoms with E-state index >= 15 is 0 Å². The summed E-state index contributed by atoms with van der Waals surface area (Å²) in [5.41, 5.74) is 1.41. The average Bonchev–Trinajstić information content (AvgIpc) is 2.56. The molecule has 0 radical (unpaired) electrons. The third kappa shape index (κ3) is 5.16. The van der Waals surface area contributed by atoms with Gasteiger partial charge in [0.05, 0.1) is 6.61 Å². The molecule has 2 N–H and O–H groups in total. The highest BCUT2D eigenvalue weighted by Gasteiger charge is 2.22. The number of rotatable bonds is 7. The van der Waals surface area contributed by atoms with Crippen molar-refractivity contribution in [2.45, 2.75) is 19.0 Å². The molecule has 23 heavy (non-hydrogen) atoms. The van der Waals surface area contributed by atoms with Crippen molar-refractivity contribution in [3.05, 3.63) is 66.0 Å². The quantitative estimate of drug-likeness (QED) is 0.825. The number of anilines is 1. The van der Waals surface area contributed by atoms with E-state index in [2.05, 4.69) is 10.6 Å². The first-order chi connectivity index (χ1) is 11.1. The minimum Gasteiger partial charge on any atom is -0.383 e. The Morgan fingerprint density at radius 1 is 1.13 bits per heavy atom. The SMILES string of the molecule is COC[C@@H](C)N[C@H](C(=O)Nc1ccc(F)cc1)c1ccccc1. The summed E-state index contributed by atoms with van der Waals surface area (Å²) in [5, 5.41) is 6.06. The lowest BCUT2D eigenvalue weighted by Crippen LogP contribution is -2.40. The lowest BCUT2D eigenvalue weighted by molar-refractivity contribution is -0.118. The summed E-state index contributed by atoms with van der Waals surface area (Å²) in [6.45, 7) is 2.44. The van der Waals surface area contributed by atoms with Gasteiger partial charge in [0.25, 0.3) is 0 Å². The predicted octanol–water partition coefficient (Wildman–Crippen LogP) is 3.13. The van der Waals surface area contributed by atoms with Crippen LogP contribution < -0.4 is 10.6 Å². The van der Waals surface area contributed by atoms with E-state index in [1.807, 2.05) is 37.3 Å². The van der Waals surface area contributed by atoms with Crippen molar-refractivity contribution in [3.8, 4) is 0 Å². The number of benzene rings is 2. The molecule has 1 amide bonds. The molecule has 0 aliphatic heterocycles. The molecule has 0 aliphatic rings. The number of hydrogen-bond donors (Lipinski definition) is 2. The highest BCUT2D eigenvalue weighted by Crippen LogP contribution is 2.17. The first-order valence-corrected chi connectivity index (χ1v) is 7.46. The number of methoxy groups -OCH3 is 1. The summed E-state index contributed by atoms with van der Waals surface area (Å²) in [5.74, 6) is -0.541. The molecule has 0 aromatic heterocycles. The fraction of sp³-hybridized carbons (Fsp3) is 0.278. The first kappa shape index (κ1) is 17.1. The monoisotopic (exact) mass is 316 g/mol. The highest BCUT2D eigenvalue weighted by atomic mass is 19.1. The molecule has 0 aliphatic carbocycles. The second-order valence-electron chi connectivity index (χ2n) is 5.36. The fourth-order valence-corrected chi connectivity index (χ4v) is 2.30. The number of halogens is 1. The van der Waals surface area contributed by atoms with Crippen molar-refractivity contribution in [1.82, 2.24) is 5.32 Å². The molecule has 2 aromatic rings. The van der Waals surface area contributed by atoms with E-state index in [1.165, 1.54) is 24.3 Å². The van der Waals surface area contributed by atoms with Crippen LogP contribution in [0.5, 0.6) is 0 Å². The predicted molar refractivity (Wildman–Crippen MR) is 88.7 cm³/mol. The molecule has 0 unspecified atom stereocenters. The van der Waals surface area contributed by atoms with E-state index in [0.717, 1.165) is 5.56 Å². The Hall–Kier alpha value is -2.24. The number of amides is 1. The molecule has 0 spiro atoms. The summed E-state index contributed by atoms with van der Waals surface area (Å²) < 4.78 is 18.1. The summed E-state index contributed by atoms with van der Waals surface area (Å²) in [7, 11) is 1.62. The van der Waals surface area contributed by atoms with Crippen molar-refractivity contribution in [2.75, 3.05) is 19.0 Å². The number of carbonyl (C=O) groups is 1. The van der Waals surface area contributed by atoms with Gasteiger partial charge in [-0.2, -0.15) is 0 Å². The first-order valence-electron chi connectivity index (χ1n) is 7.46. The van der Waals surface area contributed by atoms with Crippen LogP contribution in [0, 0.1) is 5.82 Å². The Balaban J connectivity index is 2.15. The standard InChI is InChI=1S/C18H21FN2O2/c1-13(12-23-2)20-17(14-6-4-3-5-7-14)18(22)21-16-10-8-15(19)9-11-16/h3-11,13,17,20H,12H2,1-2H3,(H,21,22)/t13-,17+/m1/s1. The van der Waals surface area contributed by atoms with Gasteiger partial charge in [0.1, 0.15) is 11.9 Å². The van der Waals surface area contributed by atoms with Crippen LogP contribution in [0.25, 0.3) is 0 Å². The molecule has 2 atom stereocenters. The average molecular weight is 316 g/mol. The molecule has 4 nitrogen and oxygen atoms in total. The van der Waals surface area contributed by atoms with Crippen LogP contribution >= 0.6 is 0 Å². The molecule has 2 rings (SSSR count). The van der Waals surface area contributed by atoms with Crippen LogP contribution in [-0.2, 0) is 9.53 Å². The van der Waals surface area contributed by atoms with Crippen molar-refractivity contribution >= 4 is 11.6 Å². The molecule has 5 heteroatoms. The minimum absolute atomic E-state index is 0.00386. The molecule has 0 fully saturated rings. The van der Waals surface area contributed by atoms with Gasteiger partial charge in [-0.25, -0.2) is 4.39 Å². The molecule has 0 saturated carbocycles. The Bertz CT molecular complexity index is 617. The Morgan fingerprint density at radius 2 is 1.78 bits per heavy atom. The summed E-state index contributed by atoms with van der Waals surface area (Å²) in [4.78, 5) is 12.6. The van der Waals surface area contributed by atoms with Crippen LogP contribution in [-0.4, -0.2) is 25.7 Å². The Kier molecular flexibility index (Phi) is 6.26. The number of carbonyl (C=O) groups excluding carboxylic acids is 1. The summed E-state index contributed by atoms with van der Waals surface area (Å²) >= 11 is 0. The molecule has 0 bridgehead atoms.